The van der Waals surface area contributed by atoms with Crippen LogP contribution in [0.5, 0.6) is 0 Å². The molecule has 6 heteroatoms. The van der Waals surface area contributed by atoms with Crippen LogP contribution in [-0.2, 0) is 0 Å². The fourth-order valence-electron chi connectivity index (χ4n) is 3.54. The summed E-state index contributed by atoms with van der Waals surface area (Å²) in [4.78, 5) is 20.7. The number of aromatic nitrogens is 2. The number of carbonyl (C=O) groups is 1. The van der Waals surface area contributed by atoms with Crippen LogP contribution in [0.4, 0.5) is 0 Å². The van der Waals surface area contributed by atoms with Crippen molar-refractivity contribution in [1.82, 2.24) is 15.3 Å². The minimum absolute atomic E-state index is 0.183. The Balaban J connectivity index is 1.37. The van der Waals surface area contributed by atoms with Gasteiger partial charge in [0, 0.05) is 18.3 Å². The molecule has 2 aromatic rings. The first-order valence-corrected chi connectivity index (χ1v) is 8.10. The van der Waals surface area contributed by atoms with Crippen molar-refractivity contribution >= 4 is 5.91 Å². The van der Waals surface area contributed by atoms with Gasteiger partial charge in [-0.25, -0.2) is 4.98 Å². The molecular formula is C17H20N4O2. The maximum atomic E-state index is 12.3. The molecule has 2 aromatic heterocycles. The lowest BCUT2D eigenvalue weighted by Gasteiger charge is -2.29. The van der Waals surface area contributed by atoms with Crippen LogP contribution in [-0.4, -0.2) is 28.0 Å². The van der Waals surface area contributed by atoms with Crippen molar-refractivity contribution in [2.45, 2.75) is 44.2 Å². The van der Waals surface area contributed by atoms with E-state index in [0.717, 1.165) is 32.1 Å². The molecule has 0 aromatic carbocycles. The third-order valence-corrected chi connectivity index (χ3v) is 5.19. The van der Waals surface area contributed by atoms with E-state index in [4.69, 9.17) is 10.2 Å². The van der Waals surface area contributed by atoms with Crippen LogP contribution in [0.25, 0.3) is 11.6 Å². The zero-order valence-electron chi connectivity index (χ0n) is 12.9. The van der Waals surface area contributed by atoms with Crippen LogP contribution < -0.4 is 11.1 Å². The summed E-state index contributed by atoms with van der Waals surface area (Å²) in [5, 5.41) is 3.06. The zero-order chi connectivity index (χ0) is 15.9. The molecule has 0 aliphatic heterocycles. The van der Waals surface area contributed by atoms with E-state index in [2.05, 4.69) is 15.3 Å². The second kappa shape index (κ2) is 5.45. The fraction of sp³-hybridized carbons (Fsp3) is 0.471. The van der Waals surface area contributed by atoms with Crippen molar-refractivity contribution in [2.75, 3.05) is 0 Å². The Morgan fingerprint density at radius 3 is 2.78 bits per heavy atom. The van der Waals surface area contributed by atoms with Gasteiger partial charge in [-0.05, 0) is 49.7 Å². The van der Waals surface area contributed by atoms with Crippen molar-refractivity contribution in [3.63, 3.8) is 0 Å². The molecule has 2 fully saturated rings. The number of nitrogens with two attached hydrogens (primary N) is 1. The molecule has 2 aliphatic rings. The summed E-state index contributed by atoms with van der Waals surface area (Å²) in [6.07, 6.45) is 8.40. The molecular weight excluding hydrogens is 292 g/mol. The van der Waals surface area contributed by atoms with Gasteiger partial charge in [-0.3, -0.25) is 9.78 Å². The second-order valence-corrected chi connectivity index (χ2v) is 6.67. The van der Waals surface area contributed by atoms with Gasteiger partial charge in [-0.1, -0.05) is 6.07 Å². The topological polar surface area (TPSA) is 94.0 Å². The number of rotatable bonds is 3. The van der Waals surface area contributed by atoms with Crippen molar-refractivity contribution in [2.24, 2.45) is 11.1 Å². The van der Waals surface area contributed by atoms with Gasteiger partial charge >= 0.3 is 0 Å². The van der Waals surface area contributed by atoms with E-state index in [9.17, 15) is 4.79 Å². The van der Waals surface area contributed by atoms with Crippen LogP contribution in [0, 0.1) is 5.41 Å². The van der Waals surface area contributed by atoms with E-state index in [1.165, 1.54) is 6.26 Å². The highest BCUT2D eigenvalue weighted by atomic mass is 16.3. The van der Waals surface area contributed by atoms with Crippen LogP contribution in [0.2, 0.25) is 0 Å². The summed E-state index contributed by atoms with van der Waals surface area (Å²) < 4.78 is 5.37. The van der Waals surface area contributed by atoms with E-state index in [1.54, 1.807) is 12.3 Å². The molecule has 2 saturated carbocycles. The number of amides is 1. The summed E-state index contributed by atoms with van der Waals surface area (Å²) in [7, 11) is 0. The number of carbonyl (C=O) groups excluding carboxylic acids is 1. The number of pyridine rings is 1. The first-order chi connectivity index (χ1) is 11.2. The van der Waals surface area contributed by atoms with Crippen LogP contribution in [0.3, 0.4) is 0 Å². The first kappa shape index (κ1) is 14.4. The largest absolute Gasteiger partial charge is 0.442 e. The second-order valence-electron chi connectivity index (χ2n) is 6.67. The van der Waals surface area contributed by atoms with E-state index >= 15 is 0 Å². The quantitative estimate of drug-likeness (QED) is 0.905. The van der Waals surface area contributed by atoms with Gasteiger partial charge in [-0.2, -0.15) is 0 Å². The van der Waals surface area contributed by atoms with Crippen molar-refractivity contribution in [1.29, 1.82) is 0 Å². The van der Waals surface area contributed by atoms with Gasteiger partial charge in [0.1, 0.15) is 12.0 Å². The number of nitrogens with one attached hydrogen (secondary N) is 1. The number of oxazole rings is 1. The molecule has 1 spiro atoms. The Kier molecular flexibility index (Phi) is 3.41. The van der Waals surface area contributed by atoms with E-state index < -0.39 is 0 Å². The van der Waals surface area contributed by atoms with Gasteiger partial charge < -0.3 is 15.5 Å². The molecule has 1 unspecified atom stereocenters. The average molecular weight is 312 g/mol. The highest BCUT2D eigenvalue weighted by Gasteiger charge is 2.52. The van der Waals surface area contributed by atoms with Crippen LogP contribution >= 0.6 is 0 Å². The summed E-state index contributed by atoms with van der Waals surface area (Å²) >= 11 is 0. The monoisotopic (exact) mass is 312 g/mol. The van der Waals surface area contributed by atoms with Gasteiger partial charge in [0.2, 0.25) is 5.89 Å². The lowest BCUT2D eigenvalue weighted by Crippen LogP contribution is -2.39. The van der Waals surface area contributed by atoms with Crippen LogP contribution in [0.15, 0.2) is 35.1 Å². The smallest absolute Gasteiger partial charge is 0.273 e. The normalized spacial score (nSPS) is 29.4. The molecule has 2 aliphatic carbocycles. The molecule has 0 saturated heterocycles. The number of nitrogens with zero attached hydrogens (tertiary/aromatic N) is 2. The predicted molar refractivity (Wildman–Crippen MR) is 84.5 cm³/mol. The standard InChI is InChI=1S/C17H20N4O2/c18-14-9-17(14)6-4-11(5-7-17)20-15(22)13-10-23-16(21-13)12-3-1-2-8-19-12/h1-3,8,10-11,14H,4-7,9,18H2,(H,20,22). The molecule has 0 radical (unpaired) electrons. The van der Waals surface area contributed by atoms with Gasteiger partial charge in [0.15, 0.2) is 5.69 Å². The third kappa shape index (κ3) is 2.74. The van der Waals surface area contributed by atoms with Gasteiger partial charge in [-0.15, -0.1) is 0 Å². The van der Waals surface area contributed by atoms with Gasteiger partial charge in [0.25, 0.3) is 5.91 Å². The minimum Gasteiger partial charge on any atom is -0.442 e. The fourth-order valence-corrected chi connectivity index (χ4v) is 3.54. The van der Waals surface area contributed by atoms with E-state index in [1.807, 2.05) is 12.1 Å². The van der Waals surface area contributed by atoms with E-state index in [0.29, 0.717) is 28.7 Å². The molecule has 120 valence electrons. The molecule has 6 nitrogen and oxygen atoms in total. The van der Waals surface area contributed by atoms with Crippen molar-refractivity contribution in [3.05, 3.63) is 36.4 Å². The Hall–Kier alpha value is -2.21. The molecule has 4 rings (SSSR count). The molecule has 3 N–H and O–H groups in total. The Morgan fingerprint density at radius 2 is 2.13 bits per heavy atom. The Bertz CT molecular complexity index is 704. The molecule has 2 heterocycles. The summed E-state index contributed by atoms with van der Waals surface area (Å²) in [6, 6.07) is 6.05. The minimum atomic E-state index is -0.183. The number of hydrogen-bond acceptors (Lipinski definition) is 5. The maximum absolute atomic E-state index is 12.3. The molecule has 1 atom stereocenters. The number of hydrogen-bond donors (Lipinski definition) is 2. The zero-order valence-corrected chi connectivity index (χ0v) is 12.9. The SMILES string of the molecule is NC1CC12CCC(NC(=O)c1coc(-c3ccccn3)n1)CC2. The van der Waals surface area contributed by atoms with Crippen molar-refractivity contribution in [3.8, 4) is 11.6 Å². The van der Waals surface area contributed by atoms with Gasteiger partial charge in [0.05, 0.1) is 0 Å². The third-order valence-electron chi connectivity index (χ3n) is 5.19. The van der Waals surface area contributed by atoms with Crippen molar-refractivity contribution < 1.29 is 9.21 Å². The van der Waals surface area contributed by atoms with Crippen LogP contribution in [0.1, 0.15) is 42.6 Å². The lowest BCUT2D eigenvalue weighted by molar-refractivity contribution is 0.0914. The predicted octanol–water partition coefficient (Wildman–Crippen LogP) is 2.13. The maximum Gasteiger partial charge on any atom is 0.273 e. The summed E-state index contributed by atoms with van der Waals surface area (Å²) in [6.45, 7) is 0. The Labute approximate surface area is 134 Å². The molecule has 0 bridgehead atoms. The molecule has 1 amide bonds. The first-order valence-electron chi connectivity index (χ1n) is 8.10. The lowest BCUT2D eigenvalue weighted by atomic mass is 9.83. The van der Waals surface area contributed by atoms with E-state index in [-0.39, 0.29) is 11.9 Å². The average Bonchev–Trinajstić information content (AvgIpc) is 3.01. The molecule has 23 heavy (non-hydrogen) atoms. The Morgan fingerprint density at radius 1 is 1.35 bits per heavy atom. The summed E-state index contributed by atoms with van der Waals surface area (Å²) in [5.74, 6) is 0.180. The highest BCUT2D eigenvalue weighted by molar-refractivity contribution is 5.92. The summed E-state index contributed by atoms with van der Waals surface area (Å²) in [5.41, 5.74) is 7.31. The highest BCUT2D eigenvalue weighted by Crippen LogP contribution is 2.54.